The lowest BCUT2D eigenvalue weighted by Gasteiger charge is -2.26. The number of hydrazone groups is 1. The first-order valence-electron chi connectivity index (χ1n) is 11.0. The third kappa shape index (κ3) is 5.78. The molecular weight excluding hydrogens is 405 g/mol. The van der Waals surface area contributed by atoms with Gasteiger partial charge in [-0.05, 0) is 60.6 Å². The molecule has 0 spiro atoms. The first-order chi connectivity index (χ1) is 15.6. The molecule has 0 saturated carbocycles. The van der Waals surface area contributed by atoms with Gasteiger partial charge >= 0.3 is 0 Å². The van der Waals surface area contributed by atoms with E-state index < -0.39 is 0 Å². The Bertz CT molecular complexity index is 1040. The Labute approximate surface area is 187 Å². The largest absolute Gasteiger partial charge is 0.341 e. The van der Waals surface area contributed by atoms with Gasteiger partial charge < -0.3 is 10.2 Å². The number of benzene rings is 2. The second-order valence-corrected chi connectivity index (χ2v) is 8.15. The Morgan fingerprint density at radius 3 is 2.28 bits per heavy atom. The summed E-state index contributed by atoms with van der Waals surface area (Å²) in [5, 5.41) is 7.44. The van der Waals surface area contributed by atoms with Gasteiger partial charge in [0.15, 0.2) is 0 Å². The number of hydrogen-bond donors (Lipinski definition) is 2. The number of halogens is 1. The molecule has 4 rings (SSSR count). The number of nitrogens with one attached hydrogen (secondary N) is 2. The summed E-state index contributed by atoms with van der Waals surface area (Å²) >= 11 is 0. The zero-order valence-corrected chi connectivity index (χ0v) is 18.4. The summed E-state index contributed by atoms with van der Waals surface area (Å²) in [5.41, 5.74) is 5.89. The van der Waals surface area contributed by atoms with Crippen LogP contribution in [-0.4, -0.2) is 34.3 Å². The molecule has 2 N–H and O–H groups in total. The monoisotopic (exact) mass is 433 g/mol. The van der Waals surface area contributed by atoms with Crippen molar-refractivity contribution >= 4 is 29.7 Å². The van der Waals surface area contributed by atoms with Crippen molar-refractivity contribution < 1.29 is 4.39 Å². The maximum atomic E-state index is 13.2. The van der Waals surface area contributed by atoms with Crippen LogP contribution in [-0.2, 0) is 0 Å². The van der Waals surface area contributed by atoms with Crippen LogP contribution in [0.5, 0.6) is 0 Å². The van der Waals surface area contributed by atoms with Crippen molar-refractivity contribution in [1.29, 1.82) is 0 Å². The summed E-state index contributed by atoms with van der Waals surface area (Å²) in [4.78, 5) is 15.7. The number of aromatic nitrogens is 3. The van der Waals surface area contributed by atoms with E-state index in [-0.39, 0.29) is 5.82 Å². The minimum absolute atomic E-state index is 0.293. The molecule has 1 aromatic heterocycles. The number of rotatable bonds is 7. The summed E-state index contributed by atoms with van der Waals surface area (Å²) in [6.07, 6.45) is 5.17. The normalized spacial score (nSPS) is 14.2. The molecular formula is C24H28FN7. The standard InChI is InChI=1S/C24H28FN7/c1-17(2)19-8-6-18(7-9-19)16-26-31-23-28-22(27-21-12-10-20(25)11-13-21)29-24(30-23)32-14-4-3-5-15-32/h6-13,16-17H,3-5,14-15H2,1-2H3,(H2,27,28,29,30,31). The molecule has 1 fully saturated rings. The number of nitrogens with zero attached hydrogens (tertiary/aromatic N) is 5. The van der Waals surface area contributed by atoms with Crippen LogP contribution in [0.4, 0.5) is 27.9 Å². The molecule has 7 nitrogen and oxygen atoms in total. The Kier molecular flexibility index (Phi) is 6.89. The molecule has 0 atom stereocenters. The van der Waals surface area contributed by atoms with Crippen molar-refractivity contribution in [2.45, 2.75) is 39.0 Å². The van der Waals surface area contributed by atoms with E-state index in [0.29, 0.717) is 29.5 Å². The van der Waals surface area contributed by atoms with Crippen molar-refractivity contribution in [2.24, 2.45) is 5.10 Å². The predicted octanol–water partition coefficient (Wildman–Crippen LogP) is 5.31. The summed E-state index contributed by atoms with van der Waals surface area (Å²) < 4.78 is 13.2. The van der Waals surface area contributed by atoms with Crippen molar-refractivity contribution in [3.8, 4) is 0 Å². The van der Waals surface area contributed by atoms with Crippen LogP contribution in [0.2, 0.25) is 0 Å². The third-order valence-corrected chi connectivity index (χ3v) is 5.34. The Hall–Kier alpha value is -3.55. The maximum absolute atomic E-state index is 13.2. The fraction of sp³-hybridized carbons (Fsp3) is 0.333. The molecule has 0 unspecified atom stereocenters. The predicted molar refractivity (Wildman–Crippen MR) is 127 cm³/mol. The highest BCUT2D eigenvalue weighted by molar-refractivity contribution is 5.80. The van der Waals surface area contributed by atoms with Crippen LogP contribution in [0, 0.1) is 5.82 Å². The van der Waals surface area contributed by atoms with Gasteiger partial charge in [-0.1, -0.05) is 38.1 Å². The maximum Gasteiger partial charge on any atom is 0.250 e. The topological polar surface area (TPSA) is 78.3 Å². The highest BCUT2D eigenvalue weighted by Crippen LogP contribution is 2.21. The Morgan fingerprint density at radius 1 is 0.906 bits per heavy atom. The highest BCUT2D eigenvalue weighted by Gasteiger charge is 2.16. The lowest BCUT2D eigenvalue weighted by Crippen LogP contribution is -2.31. The van der Waals surface area contributed by atoms with E-state index in [1.54, 1.807) is 18.3 Å². The molecule has 0 bridgehead atoms. The fourth-order valence-electron chi connectivity index (χ4n) is 3.50. The van der Waals surface area contributed by atoms with Gasteiger partial charge in [0.05, 0.1) is 6.21 Å². The van der Waals surface area contributed by atoms with Crippen LogP contribution < -0.4 is 15.6 Å². The fourth-order valence-corrected chi connectivity index (χ4v) is 3.50. The Morgan fingerprint density at radius 2 is 1.59 bits per heavy atom. The molecule has 2 aromatic carbocycles. The SMILES string of the molecule is CC(C)c1ccc(C=NNc2nc(Nc3ccc(F)cc3)nc(N3CCCCC3)n2)cc1. The lowest BCUT2D eigenvalue weighted by molar-refractivity contribution is 0.568. The van der Waals surface area contributed by atoms with Crippen LogP contribution in [0.25, 0.3) is 0 Å². The summed E-state index contributed by atoms with van der Waals surface area (Å²) in [5.74, 6) is 1.53. The molecule has 32 heavy (non-hydrogen) atoms. The highest BCUT2D eigenvalue weighted by atomic mass is 19.1. The van der Waals surface area contributed by atoms with Gasteiger partial charge in [-0.3, -0.25) is 0 Å². The molecule has 3 aromatic rings. The van der Waals surface area contributed by atoms with Crippen molar-refractivity contribution in [3.63, 3.8) is 0 Å². The number of anilines is 4. The lowest BCUT2D eigenvalue weighted by atomic mass is 10.0. The number of hydrogen-bond acceptors (Lipinski definition) is 7. The molecule has 8 heteroatoms. The second kappa shape index (κ2) is 10.2. The van der Waals surface area contributed by atoms with E-state index in [1.165, 1.54) is 24.1 Å². The van der Waals surface area contributed by atoms with Crippen LogP contribution >= 0.6 is 0 Å². The first kappa shape index (κ1) is 21.7. The van der Waals surface area contributed by atoms with Gasteiger partial charge in [-0.2, -0.15) is 20.1 Å². The summed E-state index contributed by atoms with van der Waals surface area (Å²) in [6.45, 7) is 6.15. The molecule has 166 valence electrons. The van der Waals surface area contributed by atoms with Crippen molar-refractivity contribution in [2.75, 3.05) is 28.7 Å². The third-order valence-electron chi connectivity index (χ3n) is 5.34. The first-order valence-corrected chi connectivity index (χ1v) is 11.0. The van der Waals surface area contributed by atoms with Crippen LogP contribution in [0.3, 0.4) is 0 Å². The van der Waals surface area contributed by atoms with E-state index in [4.69, 9.17) is 0 Å². The molecule has 2 heterocycles. The molecule has 0 amide bonds. The number of piperidine rings is 1. The van der Waals surface area contributed by atoms with Gasteiger partial charge in [0.25, 0.3) is 0 Å². The van der Waals surface area contributed by atoms with Crippen LogP contribution in [0.15, 0.2) is 53.6 Å². The molecule has 0 aliphatic carbocycles. The van der Waals surface area contributed by atoms with E-state index in [1.807, 2.05) is 12.1 Å². The smallest absolute Gasteiger partial charge is 0.250 e. The van der Waals surface area contributed by atoms with E-state index in [2.05, 4.69) is 61.7 Å². The molecule has 0 radical (unpaired) electrons. The van der Waals surface area contributed by atoms with Gasteiger partial charge in [-0.15, -0.1) is 0 Å². The molecule has 1 aliphatic heterocycles. The molecule has 1 aliphatic rings. The van der Waals surface area contributed by atoms with Crippen molar-refractivity contribution in [3.05, 3.63) is 65.5 Å². The van der Waals surface area contributed by atoms with Gasteiger partial charge in [0.2, 0.25) is 17.8 Å². The van der Waals surface area contributed by atoms with E-state index in [9.17, 15) is 4.39 Å². The van der Waals surface area contributed by atoms with E-state index >= 15 is 0 Å². The minimum Gasteiger partial charge on any atom is -0.341 e. The second-order valence-electron chi connectivity index (χ2n) is 8.15. The van der Waals surface area contributed by atoms with Gasteiger partial charge in [-0.25, -0.2) is 9.82 Å². The van der Waals surface area contributed by atoms with Crippen LogP contribution in [0.1, 0.15) is 50.2 Å². The van der Waals surface area contributed by atoms with Crippen molar-refractivity contribution in [1.82, 2.24) is 15.0 Å². The van der Waals surface area contributed by atoms with Gasteiger partial charge in [0.1, 0.15) is 5.82 Å². The average molecular weight is 434 g/mol. The summed E-state index contributed by atoms with van der Waals surface area (Å²) in [6, 6.07) is 14.4. The van der Waals surface area contributed by atoms with E-state index in [0.717, 1.165) is 31.5 Å². The Balaban J connectivity index is 1.53. The zero-order chi connectivity index (χ0) is 22.3. The van der Waals surface area contributed by atoms with Gasteiger partial charge in [0, 0.05) is 18.8 Å². The quantitative estimate of drug-likeness (QED) is 0.388. The average Bonchev–Trinajstić information content (AvgIpc) is 2.81. The summed E-state index contributed by atoms with van der Waals surface area (Å²) in [7, 11) is 0. The molecule has 1 saturated heterocycles. The zero-order valence-electron chi connectivity index (χ0n) is 18.4. The minimum atomic E-state index is -0.293.